The molecule has 68 valence electrons. The molecule has 0 aliphatic carbocycles. The first-order chi connectivity index (χ1) is 4.92. The SMILES string of the molecule is CC(C)C(C)(C)C(C)[SiH2]O[SiH3]. The van der Waals surface area contributed by atoms with E-state index in [1.165, 1.54) is 0 Å². The van der Waals surface area contributed by atoms with Crippen molar-refractivity contribution in [3.63, 3.8) is 0 Å². The van der Waals surface area contributed by atoms with Crippen LogP contribution in [-0.2, 0) is 4.12 Å². The Hall–Kier alpha value is 0.394. The van der Waals surface area contributed by atoms with Crippen LogP contribution >= 0.6 is 0 Å². The molecule has 0 aliphatic rings. The van der Waals surface area contributed by atoms with Crippen molar-refractivity contribution in [3.05, 3.63) is 0 Å². The summed E-state index contributed by atoms with van der Waals surface area (Å²) in [5, 5.41) is 0. The van der Waals surface area contributed by atoms with Crippen molar-refractivity contribution >= 4 is 20.2 Å². The molecule has 0 aromatic carbocycles. The number of hydrogen-bond acceptors (Lipinski definition) is 1. The van der Waals surface area contributed by atoms with E-state index in [-0.39, 0.29) is 9.76 Å². The highest BCUT2D eigenvalue weighted by molar-refractivity contribution is 6.36. The van der Waals surface area contributed by atoms with Crippen LogP contribution in [0.1, 0.15) is 34.6 Å². The fourth-order valence-electron chi connectivity index (χ4n) is 1.03. The third kappa shape index (κ3) is 3.09. The van der Waals surface area contributed by atoms with E-state index in [0.29, 0.717) is 5.41 Å². The highest BCUT2D eigenvalue weighted by Gasteiger charge is 2.29. The largest absolute Gasteiger partial charge is 0.468 e. The number of hydrogen-bond donors (Lipinski definition) is 0. The van der Waals surface area contributed by atoms with E-state index in [2.05, 4.69) is 34.6 Å². The molecule has 0 aliphatic heterocycles. The molecule has 0 heterocycles. The van der Waals surface area contributed by atoms with Gasteiger partial charge >= 0.3 is 0 Å². The monoisotopic (exact) mass is 190 g/mol. The van der Waals surface area contributed by atoms with E-state index in [9.17, 15) is 0 Å². The normalized spacial score (nSPS) is 16.9. The summed E-state index contributed by atoms with van der Waals surface area (Å²) >= 11 is 0. The van der Waals surface area contributed by atoms with Gasteiger partial charge in [0.25, 0.3) is 0 Å². The van der Waals surface area contributed by atoms with Crippen LogP contribution in [0.3, 0.4) is 0 Å². The van der Waals surface area contributed by atoms with Gasteiger partial charge in [-0.2, -0.15) is 0 Å². The maximum atomic E-state index is 5.42. The van der Waals surface area contributed by atoms with Crippen LogP contribution in [0.15, 0.2) is 0 Å². The van der Waals surface area contributed by atoms with Crippen LogP contribution in [0.4, 0.5) is 0 Å². The van der Waals surface area contributed by atoms with Crippen molar-refractivity contribution in [1.29, 1.82) is 0 Å². The van der Waals surface area contributed by atoms with Gasteiger partial charge in [0.1, 0.15) is 20.2 Å². The zero-order valence-electron chi connectivity index (χ0n) is 8.77. The van der Waals surface area contributed by atoms with Crippen molar-refractivity contribution in [2.75, 3.05) is 0 Å². The summed E-state index contributed by atoms with van der Waals surface area (Å²) in [5.74, 6) is 0.766. The Labute approximate surface area is 76.4 Å². The van der Waals surface area contributed by atoms with Gasteiger partial charge in [-0.3, -0.25) is 0 Å². The maximum Gasteiger partial charge on any atom is 0.149 e. The smallest absolute Gasteiger partial charge is 0.149 e. The van der Waals surface area contributed by atoms with Gasteiger partial charge in [0, 0.05) is 0 Å². The lowest BCUT2D eigenvalue weighted by Gasteiger charge is -2.35. The Morgan fingerprint density at radius 1 is 1.27 bits per heavy atom. The summed E-state index contributed by atoms with van der Waals surface area (Å²) in [6.07, 6.45) is 0. The average molecular weight is 190 g/mol. The first-order valence-electron chi connectivity index (χ1n) is 4.41. The predicted octanol–water partition coefficient (Wildman–Crippen LogP) is 0.858. The van der Waals surface area contributed by atoms with Crippen molar-refractivity contribution in [3.8, 4) is 0 Å². The molecule has 0 saturated carbocycles. The maximum absolute atomic E-state index is 5.42. The molecule has 0 rings (SSSR count). The van der Waals surface area contributed by atoms with Gasteiger partial charge in [-0.1, -0.05) is 34.6 Å². The molecule has 0 radical (unpaired) electrons. The minimum absolute atomic E-state index is 0.239. The van der Waals surface area contributed by atoms with E-state index < -0.39 is 0 Å². The minimum atomic E-state index is -0.239. The molecule has 0 amide bonds. The highest BCUT2D eigenvalue weighted by atomic mass is 28.3. The first-order valence-corrected chi connectivity index (χ1v) is 6.62. The molecule has 3 heteroatoms. The van der Waals surface area contributed by atoms with Crippen molar-refractivity contribution in [1.82, 2.24) is 0 Å². The molecule has 0 bridgehead atoms. The lowest BCUT2D eigenvalue weighted by Crippen LogP contribution is -2.28. The van der Waals surface area contributed by atoms with Gasteiger partial charge in [0.05, 0.1) is 0 Å². The Morgan fingerprint density at radius 3 is 2.00 bits per heavy atom. The van der Waals surface area contributed by atoms with Crippen molar-refractivity contribution < 1.29 is 4.12 Å². The molecule has 0 aromatic rings. The van der Waals surface area contributed by atoms with Crippen LogP contribution in [-0.4, -0.2) is 20.2 Å². The average Bonchev–Trinajstić information content (AvgIpc) is 1.88. The second-order valence-electron chi connectivity index (χ2n) is 4.33. The fraction of sp³-hybridized carbons (Fsp3) is 1.00. The van der Waals surface area contributed by atoms with Gasteiger partial charge < -0.3 is 4.12 Å². The predicted molar refractivity (Wildman–Crippen MR) is 57.6 cm³/mol. The van der Waals surface area contributed by atoms with Crippen LogP contribution in [0, 0.1) is 11.3 Å². The van der Waals surface area contributed by atoms with Crippen LogP contribution in [0.2, 0.25) is 5.54 Å². The van der Waals surface area contributed by atoms with Gasteiger partial charge in [-0.15, -0.1) is 0 Å². The zero-order chi connectivity index (χ0) is 9.07. The topological polar surface area (TPSA) is 9.23 Å². The van der Waals surface area contributed by atoms with Gasteiger partial charge in [-0.05, 0) is 16.9 Å². The second-order valence-corrected chi connectivity index (χ2v) is 8.20. The summed E-state index contributed by atoms with van der Waals surface area (Å²) in [6, 6.07) is 0. The molecular formula is C8H22OSi2. The van der Waals surface area contributed by atoms with Crippen molar-refractivity contribution in [2.45, 2.75) is 40.2 Å². The molecule has 0 spiro atoms. The molecule has 0 aromatic heterocycles. The lowest BCUT2D eigenvalue weighted by molar-refractivity contribution is 0.233. The molecule has 1 nitrogen and oxygen atoms in total. The highest BCUT2D eigenvalue weighted by Crippen LogP contribution is 2.37. The van der Waals surface area contributed by atoms with Crippen molar-refractivity contribution in [2.24, 2.45) is 11.3 Å². The van der Waals surface area contributed by atoms with Gasteiger partial charge in [-0.25, -0.2) is 0 Å². The first kappa shape index (κ1) is 11.4. The van der Waals surface area contributed by atoms with Crippen LogP contribution in [0.5, 0.6) is 0 Å². The Morgan fingerprint density at radius 2 is 1.73 bits per heavy atom. The van der Waals surface area contributed by atoms with E-state index in [1.807, 2.05) is 0 Å². The molecule has 1 atom stereocenters. The van der Waals surface area contributed by atoms with Gasteiger partial charge in [0.2, 0.25) is 0 Å². The summed E-state index contributed by atoms with van der Waals surface area (Å²) in [4.78, 5) is 0. The Bertz CT molecular complexity index is 113. The van der Waals surface area contributed by atoms with Crippen LogP contribution < -0.4 is 0 Å². The summed E-state index contributed by atoms with van der Waals surface area (Å²) in [6.45, 7) is 11.7. The van der Waals surface area contributed by atoms with E-state index in [0.717, 1.165) is 21.9 Å². The van der Waals surface area contributed by atoms with Crippen LogP contribution in [0.25, 0.3) is 0 Å². The molecular weight excluding hydrogens is 168 g/mol. The zero-order valence-corrected chi connectivity index (χ0v) is 12.2. The summed E-state index contributed by atoms with van der Waals surface area (Å²) < 4.78 is 5.42. The van der Waals surface area contributed by atoms with E-state index in [4.69, 9.17) is 4.12 Å². The third-order valence-electron chi connectivity index (χ3n) is 3.17. The molecule has 11 heavy (non-hydrogen) atoms. The fourth-order valence-corrected chi connectivity index (χ4v) is 3.93. The quantitative estimate of drug-likeness (QED) is 0.598. The molecule has 0 N–H and O–H groups in total. The molecule has 0 fully saturated rings. The lowest BCUT2D eigenvalue weighted by atomic mass is 9.78. The summed E-state index contributed by atoms with van der Waals surface area (Å²) in [7, 11) is 0.689. The Kier molecular flexibility index (Phi) is 4.59. The summed E-state index contributed by atoms with van der Waals surface area (Å²) in [5.41, 5.74) is 1.27. The molecule has 0 saturated heterocycles. The van der Waals surface area contributed by atoms with Gasteiger partial charge in [0.15, 0.2) is 0 Å². The third-order valence-corrected chi connectivity index (χ3v) is 6.06. The minimum Gasteiger partial charge on any atom is -0.468 e. The Balaban J connectivity index is 4.05. The number of rotatable bonds is 4. The second kappa shape index (κ2) is 4.43. The van der Waals surface area contributed by atoms with E-state index in [1.54, 1.807) is 0 Å². The molecule has 1 unspecified atom stereocenters. The standard InChI is InChI=1S/C8H22OSi2/c1-6(2)8(4,5)7(3)11-9-10/h6-7H,11H2,1-5,10H3. The van der Waals surface area contributed by atoms with E-state index >= 15 is 0 Å².